The number of dihydropyridines is 1. The Labute approximate surface area is 160 Å². The first kappa shape index (κ1) is 20.3. The topological polar surface area (TPSA) is 64.6 Å². The summed E-state index contributed by atoms with van der Waals surface area (Å²) in [5, 5.41) is 2.97. The smallest absolute Gasteiger partial charge is 0.336 e. The maximum atomic E-state index is 14.7. The van der Waals surface area contributed by atoms with Crippen molar-refractivity contribution in [2.75, 3.05) is 13.7 Å². The molecule has 140 valence electrons. The van der Waals surface area contributed by atoms with Crippen molar-refractivity contribution < 1.29 is 23.5 Å². The zero-order valence-corrected chi connectivity index (χ0v) is 16.2. The highest BCUT2D eigenvalue weighted by molar-refractivity contribution is 6.42. The van der Waals surface area contributed by atoms with Crippen molar-refractivity contribution in [3.05, 3.63) is 56.1 Å². The van der Waals surface area contributed by atoms with Crippen LogP contribution in [0, 0.1) is 5.82 Å². The molecule has 5 nitrogen and oxygen atoms in total. The summed E-state index contributed by atoms with van der Waals surface area (Å²) in [6.07, 6.45) is 0. The molecule has 1 aromatic rings. The van der Waals surface area contributed by atoms with Gasteiger partial charge in [0, 0.05) is 17.0 Å². The van der Waals surface area contributed by atoms with E-state index >= 15 is 0 Å². The molecule has 1 aliphatic rings. The van der Waals surface area contributed by atoms with Crippen LogP contribution in [0.5, 0.6) is 0 Å². The third-order valence-corrected chi connectivity index (χ3v) is 4.85. The van der Waals surface area contributed by atoms with Crippen LogP contribution in [-0.2, 0) is 19.1 Å². The Balaban J connectivity index is 2.82. The molecule has 0 aromatic heterocycles. The number of benzene rings is 1. The predicted molar refractivity (Wildman–Crippen MR) is 96.3 cm³/mol. The zero-order valence-electron chi connectivity index (χ0n) is 14.7. The van der Waals surface area contributed by atoms with Crippen molar-refractivity contribution >= 4 is 35.1 Å². The summed E-state index contributed by atoms with van der Waals surface area (Å²) in [5.74, 6) is -3.22. The molecule has 0 saturated heterocycles. The molecule has 0 saturated carbocycles. The van der Waals surface area contributed by atoms with Gasteiger partial charge in [-0.25, -0.2) is 14.0 Å². The van der Waals surface area contributed by atoms with Crippen LogP contribution in [0.2, 0.25) is 10.0 Å². The number of carbonyl (C=O) groups is 2. The second-order valence-corrected chi connectivity index (χ2v) is 6.39. The van der Waals surface area contributed by atoms with Crippen LogP contribution in [0.15, 0.2) is 34.7 Å². The molecule has 1 atom stereocenters. The molecule has 0 fully saturated rings. The van der Waals surface area contributed by atoms with Gasteiger partial charge >= 0.3 is 11.9 Å². The number of rotatable bonds is 4. The number of hydrogen-bond donors (Lipinski definition) is 1. The van der Waals surface area contributed by atoms with E-state index in [1.807, 2.05) is 0 Å². The van der Waals surface area contributed by atoms with Gasteiger partial charge in [-0.2, -0.15) is 0 Å². The Bertz CT molecular complexity index is 833. The fraction of sp³-hybridized carbons (Fsp3) is 0.333. The molecule has 2 rings (SSSR count). The molecule has 1 heterocycles. The van der Waals surface area contributed by atoms with Gasteiger partial charge in [-0.15, -0.1) is 0 Å². The number of allylic oxidation sites excluding steroid dienone is 2. The van der Waals surface area contributed by atoms with E-state index in [4.69, 9.17) is 32.7 Å². The van der Waals surface area contributed by atoms with Crippen LogP contribution in [-0.4, -0.2) is 25.7 Å². The van der Waals surface area contributed by atoms with Crippen LogP contribution in [0.1, 0.15) is 32.3 Å². The number of halogens is 3. The fourth-order valence-corrected chi connectivity index (χ4v) is 3.38. The summed E-state index contributed by atoms with van der Waals surface area (Å²) in [6.45, 7) is 5.02. The van der Waals surface area contributed by atoms with Crippen LogP contribution < -0.4 is 5.32 Å². The lowest BCUT2D eigenvalue weighted by Crippen LogP contribution is -2.32. The molecule has 0 bridgehead atoms. The molecular weight excluding hydrogens is 384 g/mol. The maximum Gasteiger partial charge on any atom is 0.336 e. The van der Waals surface area contributed by atoms with E-state index in [1.54, 1.807) is 20.8 Å². The number of carbonyl (C=O) groups excluding carboxylic acids is 2. The molecule has 1 aromatic carbocycles. The van der Waals surface area contributed by atoms with Gasteiger partial charge in [0.05, 0.1) is 40.8 Å². The Morgan fingerprint density at radius 3 is 2.27 bits per heavy atom. The van der Waals surface area contributed by atoms with Crippen LogP contribution >= 0.6 is 23.2 Å². The third-order valence-electron chi connectivity index (χ3n) is 4.03. The van der Waals surface area contributed by atoms with Crippen LogP contribution in [0.4, 0.5) is 4.39 Å². The van der Waals surface area contributed by atoms with E-state index in [0.717, 1.165) is 6.07 Å². The monoisotopic (exact) mass is 401 g/mol. The molecule has 1 unspecified atom stereocenters. The Morgan fingerprint density at radius 1 is 1.15 bits per heavy atom. The Hall–Kier alpha value is -2.05. The number of hydrogen-bond acceptors (Lipinski definition) is 5. The van der Waals surface area contributed by atoms with Crippen molar-refractivity contribution in [1.29, 1.82) is 0 Å². The van der Waals surface area contributed by atoms with Crippen LogP contribution in [0.25, 0.3) is 0 Å². The lowest BCUT2D eigenvalue weighted by molar-refractivity contribution is -0.139. The van der Waals surface area contributed by atoms with Crippen molar-refractivity contribution in [2.24, 2.45) is 0 Å². The van der Waals surface area contributed by atoms with E-state index in [2.05, 4.69) is 5.32 Å². The molecule has 0 radical (unpaired) electrons. The zero-order chi connectivity index (χ0) is 19.6. The summed E-state index contributed by atoms with van der Waals surface area (Å²) < 4.78 is 24.7. The number of ether oxygens (including phenoxy) is 2. The average molecular weight is 402 g/mol. The molecule has 1 aliphatic heterocycles. The first-order chi connectivity index (χ1) is 12.2. The fourth-order valence-electron chi connectivity index (χ4n) is 2.95. The van der Waals surface area contributed by atoms with Gasteiger partial charge in [-0.05, 0) is 32.9 Å². The van der Waals surface area contributed by atoms with E-state index < -0.39 is 23.7 Å². The second-order valence-electron chi connectivity index (χ2n) is 5.60. The highest BCUT2D eigenvalue weighted by atomic mass is 35.5. The van der Waals surface area contributed by atoms with Gasteiger partial charge < -0.3 is 14.8 Å². The van der Waals surface area contributed by atoms with Gasteiger partial charge in [0.2, 0.25) is 0 Å². The predicted octanol–water partition coefficient (Wildman–Crippen LogP) is 4.10. The minimum atomic E-state index is -1.12. The Morgan fingerprint density at radius 2 is 1.73 bits per heavy atom. The summed E-state index contributed by atoms with van der Waals surface area (Å²) in [5.41, 5.74) is 0.893. The van der Waals surface area contributed by atoms with Gasteiger partial charge in [0.1, 0.15) is 5.82 Å². The van der Waals surface area contributed by atoms with E-state index in [9.17, 15) is 14.0 Å². The van der Waals surface area contributed by atoms with Crippen molar-refractivity contribution in [3.63, 3.8) is 0 Å². The standard InChI is InChI=1S/C18H18Cl2FNO4/c1-5-26-18(24)13-9(3)22-8(2)12(17(23)25-4)15(13)14-11(21)7-6-10(19)16(14)20/h6-7,15,22H,5H2,1-4H3. The normalized spacial score (nSPS) is 17.1. The largest absolute Gasteiger partial charge is 0.466 e. The quantitative estimate of drug-likeness (QED) is 0.607. The molecule has 1 N–H and O–H groups in total. The van der Waals surface area contributed by atoms with Crippen molar-refractivity contribution in [2.45, 2.75) is 26.7 Å². The number of nitrogens with one attached hydrogen (secondary N) is 1. The summed E-state index contributed by atoms with van der Waals surface area (Å²) in [6, 6.07) is 2.44. The lowest BCUT2D eigenvalue weighted by Gasteiger charge is -2.31. The average Bonchev–Trinajstić information content (AvgIpc) is 2.58. The number of esters is 2. The lowest BCUT2D eigenvalue weighted by atomic mass is 9.80. The second kappa shape index (κ2) is 8.10. The van der Waals surface area contributed by atoms with Gasteiger partial charge in [-0.1, -0.05) is 23.2 Å². The highest BCUT2D eigenvalue weighted by Crippen LogP contribution is 2.44. The molecular formula is C18H18Cl2FNO4. The van der Waals surface area contributed by atoms with E-state index in [-0.39, 0.29) is 33.4 Å². The van der Waals surface area contributed by atoms with E-state index in [0.29, 0.717) is 11.4 Å². The van der Waals surface area contributed by atoms with E-state index in [1.165, 1.54) is 13.2 Å². The maximum absolute atomic E-state index is 14.7. The summed E-state index contributed by atoms with van der Waals surface area (Å²) in [4.78, 5) is 25.0. The molecule has 0 aliphatic carbocycles. The number of methoxy groups -OCH3 is 1. The first-order valence-electron chi connectivity index (χ1n) is 7.81. The summed E-state index contributed by atoms with van der Waals surface area (Å²) >= 11 is 12.3. The van der Waals surface area contributed by atoms with Crippen molar-refractivity contribution in [3.8, 4) is 0 Å². The molecule has 26 heavy (non-hydrogen) atoms. The molecule has 0 amide bonds. The minimum Gasteiger partial charge on any atom is -0.466 e. The Kier molecular flexibility index (Phi) is 6.31. The van der Waals surface area contributed by atoms with Gasteiger partial charge in [0.25, 0.3) is 0 Å². The van der Waals surface area contributed by atoms with Crippen molar-refractivity contribution in [1.82, 2.24) is 5.32 Å². The SMILES string of the molecule is CCOC(=O)C1=C(C)NC(C)=C(C(=O)OC)C1c1c(F)ccc(Cl)c1Cl. The highest BCUT2D eigenvalue weighted by Gasteiger charge is 2.40. The minimum absolute atomic E-state index is 0.0595. The third kappa shape index (κ3) is 3.57. The summed E-state index contributed by atoms with van der Waals surface area (Å²) in [7, 11) is 1.20. The molecule has 0 spiro atoms. The van der Waals surface area contributed by atoms with Crippen LogP contribution in [0.3, 0.4) is 0 Å². The first-order valence-corrected chi connectivity index (χ1v) is 8.57. The molecule has 8 heteroatoms. The van der Waals surface area contributed by atoms with Gasteiger partial charge in [0.15, 0.2) is 0 Å². The van der Waals surface area contributed by atoms with Gasteiger partial charge in [-0.3, -0.25) is 0 Å².